The van der Waals surface area contributed by atoms with E-state index in [4.69, 9.17) is 15.0 Å². The average molecular weight is 381 g/mol. The maximum absolute atomic E-state index is 12.5. The predicted octanol–water partition coefficient (Wildman–Crippen LogP) is 1.26. The third-order valence-electron chi connectivity index (χ3n) is 3.49. The number of aromatic nitrogens is 1. The number of amides is 1. The van der Waals surface area contributed by atoms with Crippen LogP contribution in [0.25, 0.3) is 0 Å². The van der Waals surface area contributed by atoms with Gasteiger partial charge < -0.3 is 15.0 Å². The summed E-state index contributed by atoms with van der Waals surface area (Å²) in [6.45, 7) is 2.39. The van der Waals surface area contributed by atoms with Gasteiger partial charge >= 0.3 is 0 Å². The zero-order chi connectivity index (χ0) is 17.6. The van der Waals surface area contributed by atoms with Gasteiger partial charge in [0, 0.05) is 18.7 Å². The highest BCUT2D eigenvalue weighted by molar-refractivity contribution is 6.12. The van der Waals surface area contributed by atoms with E-state index in [0.29, 0.717) is 31.9 Å². The van der Waals surface area contributed by atoms with E-state index in [-0.39, 0.29) is 29.5 Å². The molecule has 0 spiro atoms. The fraction of sp³-hybridized carbons (Fsp3) is 0.267. The van der Waals surface area contributed by atoms with Crippen molar-refractivity contribution in [3.05, 3.63) is 47.3 Å². The summed E-state index contributed by atoms with van der Waals surface area (Å²) in [5.41, 5.74) is 7.97. The number of morpholine rings is 1. The van der Waals surface area contributed by atoms with Crippen molar-refractivity contribution < 1.29 is 18.8 Å². The first-order chi connectivity index (χ1) is 12.2. The van der Waals surface area contributed by atoms with Crippen LogP contribution in [0.15, 0.2) is 45.2 Å². The Balaban J connectivity index is 0.00000243. The minimum Gasteiger partial charge on any atom is -0.379 e. The molecule has 2 heterocycles. The van der Waals surface area contributed by atoms with Gasteiger partial charge in [-0.2, -0.15) is 0 Å². The van der Waals surface area contributed by atoms with Crippen LogP contribution >= 0.6 is 12.4 Å². The van der Waals surface area contributed by atoms with Crippen molar-refractivity contribution in [1.29, 1.82) is 0 Å². The number of hydrazine groups is 1. The van der Waals surface area contributed by atoms with E-state index in [9.17, 15) is 9.59 Å². The van der Waals surface area contributed by atoms with Gasteiger partial charge in [0.15, 0.2) is 11.4 Å². The Bertz CT molecular complexity index is 789. The summed E-state index contributed by atoms with van der Waals surface area (Å²) in [6, 6.07) is 8.42. The highest BCUT2D eigenvalue weighted by atomic mass is 35.5. The number of rotatable bonds is 6. The van der Waals surface area contributed by atoms with Crippen LogP contribution in [0.5, 0.6) is 0 Å². The van der Waals surface area contributed by atoms with Crippen molar-refractivity contribution in [1.82, 2.24) is 15.7 Å². The van der Waals surface area contributed by atoms with Gasteiger partial charge in [0.2, 0.25) is 11.5 Å². The first kappa shape index (κ1) is 19.5. The number of carbonyl (C=O) groups excluding carboxylic acids is 2. The molecule has 1 aromatic carbocycles. The number of ketones is 1. The topological polar surface area (TPSA) is 135 Å². The maximum Gasteiger partial charge on any atom is 0.273 e. The predicted molar refractivity (Wildman–Crippen MR) is 92.2 cm³/mol. The molecule has 1 aromatic heterocycles. The molecule has 0 saturated carbocycles. The molecule has 1 aliphatic rings. The molecule has 1 aliphatic heterocycles. The largest absolute Gasteiger partial charge is 0.379 e. The van der Waals surface area contributed by atoms with E-state index in [1.807, 2.05) is 0 Å². The van der Waals surface area contributed by atoms with Crippen LogP contribution in [0, 0.1) is 0 Å². The minimum atomic E-state index is -0.865. The van der Waals surface area contributed by atoms with E-state index >= 15 is 0 Å². The fourth-order valence-corrected chi connectivity index (χ4v) is 2.21. The molecular formula is C15H17ClN6O4. The Hall–Kier alpha value is -2.82. The number of hydrogen-bond acceptors (Lipinski definition) is 8. The zero-order valence-corrected chi connectivity index (χ0v) is 14.4. The second-order valence-corrected chi connectivity index (χ2v) is 5.17. The molecule has 10 nitrogen and oxygen atoms in total. The van der Waals surface area contributed by atoms with Crippen LogP contribution in [0.1, 0.15) is 26.6 Å². The number of nitrogens with two attached hydrogens (primary N) is 1. The van der Waals surface area contributed by atoms with Crippen LogP contribution in [0.2, 0.25) is 0 Å². The quantitative estimate of drug-likeness (QED) is 0.437. The number of benzene rings is 1. The van der Waals surface area contributed by atoms with Gasteiger partial charge in [-0.3, -0.25) is 9.59 Å². The van der Waals surface area contributed by atoms with Crippen LogP contribution < -0.4 is 11.3 Å². The van der Waals surface area contributed by atoms with Gasteiger partial charge in [0.05, 0.1) is 13.2 Å². The summed E-state index contributed by atoms with van der Waals surface area (Å²) in [5.74, 6) is -1.54. The van der Waals surface area contributed by atoms with Gasteiger partial charge in [-0.25, -0.2) is 10.5 Å². The van der Waals surface area contributed by atoms with Gasteiger partial charge in [0.25, 0.3) is 5.91 Å². The summed E-state index contributed by atoms with van der Waals surface area (Å²) in [7, 11) is 0. The Kier molecular flexibility index (Phi) is 6.78. The Morgan fingerprint density at radius 3 is 2.54 bits per heavy atom. The molecule has 0 atom stereocenters. The molecule has 2 aromatic rings. The van der Waals surface area contributed by atoms with Crippen molar-refractivity contribution >= 4 is 29.8 Å². The highest BCUT2D eigenvalue weighted by Crippen LogP contribution is 2.26. The Morgan fingerprint density at radius 1 is 1.19 bits per heavy atom. The van der Waals surface area contributed by atoms with Crippen LogP contribution in [-0.2, 0) is 4.74 Å². The number of ether oxygens (including phenoxy) is 1. The summed E-state index contributed by atoms with van der Waals surface area (Å²) in [5, 5.41) is 13.0. The van der Waals surface area contributed by atoms with Crippen molar-refractivity contribution in [2.75, 3.05) is 26.3 Å². The lowest BCUT2D eigenvalue weighted by molar-refractivity contribution is 0.0110. The number of halogens is 1. The molecule has 1 amide bonds. The van der Waals surface area contributed by atoms with E-state index in [2.05, 4.69) is 21.0 Å². The fourth-order valence-electron chi connectivity index (χ4n) is 2.21. The SMILES string of the molecule is Cl.NC(=O)c1noc(C(=O)c2ccccc2)c1N=NNN1CCOCC1. The highest BCUT2D eigenvalue weighted by Gasteiger charge is 2.26. The van der Waals surface area contributed by atoms with E-state index in [0.717, 1.165) is 0 Å². The molecule has 11 heteroatoms. The number of primary amides is 1. The molecule has 0 bridgehead atoms. The molecule has 0 radical (unpaired) electrons. The summed E-state index contributed by atoms with van der Waals surface area (Å²) in [6.07, 6.45) is 0. The monoisotopic (exact) mass is 380 g/mol. The summed E-state index contributed by atoms with van der Waals surface area (Å²) >= 11 is 0. The van der Waals surface area contributed by atoms with E-state index in [1.54, 1.807) is 35.3 Å². The second kappa shape index (κ2) is 9.04. The number of carbonyl (C=O) groups is 2. The lowest BCUT2D eigenvalue weighted by Crippen LogP contribution is -2.43. The second-order valence-electron chi connectivity index (χ2n) is 5.17. The number of nitrogens with zero attached hydrogens (tertiary/aromatic N) is 4. The van der Waals surface area contributed by atoms with E-state index < -0.39 is 11.7 Å². The average Bonchev–Trinajstić information content (AvgIpc) is 3.07. The Labute approximate surface area is 154 Å². The van der Waals surface area contributed by atoms with Crippen molar-refractivity contribution in [3.8, 4) is 0 Å². The third kappa shape index (κ3) is 4.42. The van der Waals surface area contributed by atoms with Crippen LogP contribution in [0.3, 0.4) is 0 Å². The van der Waals surface area contributed by atoms with Gasteiger partial charge in [-0.05, 0) is 0 Å². The minimum absolute atomic E-state index is 0. The zero-order valence-electron chi connectivity index (χ0n) is 13.6. The first-order valence-corrected chi connectivity index (χ1v) is 7.55. The molecule has 1 fully saturated rings. The number of nitrogens with one attached hydrogen (secondary N) is 1. The molecule has 0 aliphatic carbocycles. The normalized spacial score (nSPS) is 14.8. The number of hydrogen-bond donors (Lipinski definition) is 2. The van der Waals surface area contributed by atoms with E-state index in [1.165, 1.54) is 0 Å². The molecular weight excluding hydrogens is 364 g/mol. The van der Waals surface area contributed by atoms with Crippen LogP contribution in [0.4, 0.5) is 5.69 Å². The van der Waals surface area contributed by atoms with Gasteiger partial charge in [-0.1, -0.05) is 40.7 Å². The van der Waals surface area contributed by atoms with Crippen molar-refractivity contribution in [2.45, 2.75) is 0 Å². The van der Waals surface area contributed by atoms with Crippen molar-refractivity contribution in [2.24, 2.45) is 16.1 Å². The molecule has 3 N–H and O–H groups in total. The maximum atomic E-state index is 12.5. The summed E-state index contributed by atoms with van der Waals surface area (Å²) < 4.78 is 10.2. The molecule has 0 unspecified atom stereocenters. The van der Waals surface area contributed by atoms with Crippen molar-refractivity contribution in [3.63, 3.8) is 0 Å². The van der Waals surface area contributed by atoms with Gasteiger partial charge in [-0.15, -0.1) is 17.5 Å². The summed E-state index contributed by atoms with van der Waals surface area (Å²) in [4.78, 5) is 24.0. The van der Waals surface area contributed by atoms with Crippen LogP contribution in [-0.4, -0.2) is 48.2 Å². The lowest BCUT2D eigenvalue weighted by Gasteiger charge is -2.24. The first-order valence-electron chi connectivity index (χ1n) is 7.55. The van der Waals surface area contributed by atoms with Gasteiger partial charge in [0.1, 0.15) is 0 Å². The molecule has 26 heavy (non-hydrogen) atoms. The molecule has 3 rings (SSSR count). The lowest BCUT2D eigenvalue weighted by atomic mass is 10.1. The third-order valence-corrected chi connectivity index (χ3v) is 3.49. The Morgan fingerprint density at radius 2 is 1.88 bits per heavy atom. The molecule has 1 saturated heterocycles. The standard InChI is InChI=1S/C15H16N6O4.ClH/c16-15(23)12-11(17-19-20-21-6-8-24-9-7-21)14(25-18-12)13(22)10-4-2-1-3-5-10;/h1-5H,6-9H2,(H2,16,23)(H,17,20);1H. The molecule has 138 valence electrons. The smallest absolute Gasteiger partial charge is 0.273 e.